The minimum absolute atomic E-state index is 0.0279. The van der Waals surface area contributed by atoms with Crippen LogP contribution in [0.5, 0.6) is 0 Å². The quantitative estimate of drug-likeness (QED) is 0.772. The molecule has 5 heteroatoms. The van der Waals surface area contributed by atoms with E-state index in [0.29, 0.717) is 37.4 Å². The van der Waals surface area contributed by atoms with Gasteiger partial charge in [0.25, 0.3) is 0 Å². The molecule has 4 nitrogen and oxygen atoms in total. The summed E-state index contributed by atoms with van der Waals surface area (Å²) >= 11 is 0. The molecule has 1 aromatic rings. The molecule has 1 aromatic carbocycles. The van der Waals surface area contributed by atoms with Crippen LogP contribution >= 0.6 is 0 Å². The molecule has 1 aliphatic carbocycles. The van der Waals surface area contributed by atoms with Gasteiger partial charge in [0, 0.05) is 13.1 Å². The monoisotopic (exact) mass is 320 g/mol. The summed E-state index contributed by atoms with van der Waals surface area (Å²) in [6.45, 7) is 5.26. The van der Waals surface area contributed by atoms with Crippen LogP contribution in [0.4, 0.5) is 4.39 Å². The lowest BCUT2D eigenvalue weighted by Crippen LogP contribution is -2.31. The summed E-state index contributed by atoms with van der Waals surface area (Å²) < 4.78 is 13.5. The molecule has 2 amide bonds. The third kappa shape index (κ3) is 5.34. The van der Waals surface area contributed by atoms with Crippen molar-refractivity contribution < 1.29 is 14.0 Å². The average Bonchev–Trinajstić information content (AvgIpc) is 3.29. The number of hydrogen-bond acceptors (Lipinski definition) is 2. The summed E-state index contributed by atoms with van der Waals surface area (Å²) in [5.41, 5.74) is 0.589. The summed E-state index contributed by atoms with van der Waals surface area (Å²) in [5, 5.41) is 5.68. The highest BCUT2D eigenvalue weighted by molar-refractivity contribution is 5.92. The zero-order chi connectivity index (χ0) is 16.8. The number of halogens is 1. The van der Waals surface area contributed by atoms with E-state index in [0.717, 1.165) is 6.42 Å². The van der Waals surface area contributed by atoms with Crippen molar-refractivity contribution in [3.63, 3.8) is 0 Å². The summed E-state index contributed by atoms with van der Waals surface area (Å²) in [6.07, 6.45) is 2.01. The molecule has 0 radical (unpaired) electrons. The molecule has 2 unspecified atom stereocenters. The lowest BCUT2D eigenvalue weighted by atomic mass is 10.1. The van der Waals surface area contributed by atoms with E-state index < -0.39 is 0 Å². The predicted molar refractivity (Wildman–Crippen MR) is 87.2 cm³/mol. The molecule has 0 heterocycles. The summed E-state index contributed by atoms with van der Waals surface area (Å²) in [6, 6.07) is 6.54. The maximum Gasteiger partial charge on any atom is 0.223 e. The van der Waals surface area contributed by atoms with E-state index in [9.17, 15) is 14.0 Å². The highest BCUT2D eigenvalue weighted by Crippen LogP contribution is 2.38. The second-order valence-electron chi connectivity index (χ2n) is 6.55. The molecule has 2 rings (SSSR count). The van der Waals surface area contributed by atoms with Crippen molar-refractivity contribution in [2.45, 2.75) is 33.1 Å². The van der Waals surface area contributed by atoms with Gasteiger partial charge in [0.1, 0.15) is 5.82 Å². The summed E-state index contributed by atoms with van der Waals surface area (Å²) in [7, 11) is 0. The molecule has 0 bridgehead atoms. The zero-order valence-electron chi connectivity index (χ0n) is 13.8. The normalized spacial score (nSPS) is 19.5. The van der Waals surface area contributed by atoms with Crippen molar-refractivity contribution in [1.82, 2.24) is 10.6 Å². The van der Waals surface area contributed by atoms with E-state index in [1.165, 1.54) is 6.07 Å². The molecule has 2 N–H and O–H groups in total. The second-order valence-corrected chi connectivity index (χ2v) is 6.55. The van der Waals surface area contributed by atoms with Gasteiger partial charge in [-0.3, -0.25) is 9.59 Å². The van der Waals surface area contributed by atoms with Crippen molar-refractivity contribution in [3.8, 4) is 0 Å². The van der Waals surface area contributed by atoms with Gasteiger partial charge in [-0.2, -0.15) is 0 Å². The second kappa shape index (κ2) is 8.09. The molecule has 1 aliphatic rings. The van der Waals surface area contributed by atoms with Crippen molar-refractivity contribution in [2.75, 3.05) is 13.1 Å². The molecule has 126 valence electrons. The first-order valence-electron chi connectivity index (χ1n) is 8.28. The van der Waals surface area contributed by atoms with Crippen LogP contribution < -0.4 is 10.6 Å². The Morgan fingerprint density at radius 2 is 1.74 bits per heavy atom. The van der Waals surface area contributed by atoms with Gasteiger partial charge in [-0.25, -0.2) is 4.39 Å². The van der Waals surface area contributed by atoms with Gasteiger partial charge in [0.2, 0.25) is 11.8 Å². The average molecular weight is 320 g/mol. The van der Waals surface area contributed by atoms with Gasteiger partial charge in [0.15, 0.2) is 0 Å². The van der Waals surface area contributed by atoms with E-state index in [1.807, 2.05) is 0 Å². The molecule has 0 spiro atoms. The van der Waals surface area contributed by atoms with Crippen molar-refractivity contribution in [2.24, 2.45) is 17.8 Å². The fourth-order valence-electron chi connectivity index (χ4n) is 2.54. The van der Waals surface area contributed by atoms with E-state index in [1.54, 1.807) is 18.2 Å². The Balaban J connectivity index is 1.66. The summed E-state index contributed by atoms with van der Waals surface area (Å²) in [5.74, 6) is -0.266. The standard InChI is InChI=1S/C18H25FN2O2/c1-12(2)7-9-20-17(22)14-11-15(14)18(23)21-10-8-13-5-3-4-6-16(13)19/h3-6,12,14-15H,7-11H2,1-2H3,(H,20,22)(H,21,23). The fraction of sp³-hybridized carbons (Fsp3) is 0.556. The van der Waals surface area contributed by atoms with Crippen molar-refractivity contribution in [3.05, 3.63) is 35.6 Å². The van der Waals surface area contributed by atoms with Crippen LogP contribution in [0.2, 0.25) is 0 Å². The Bertz CT molecular complexity index is 560. The lowest BCUT2D eigenvalue weighted by Gasteiger charge is -2.08. The number of carbonyl (C=O) groups is 2. The molecule has 1 saturated carbocycles. The van der Waals surface area contributed by atoms with Gasteiger partial charge < -0.3 is 10.6 Å². The molecule has 0 saturated heterocycles. The van der Waals surface area contributed by atoms with E-state index in [-0.39, 0.29) is 29.5 Å². The molecule has 0 aliphatic heterocycles. The Morgan fingerprint density at radius 1 is 1.13 bits per heavy atom. The highest BCUT2D eigenvalue weighted by Gasteiger charge is 2.47. The zero-order valence-corrected chi connectivity index (χ0v) is 13.8. The Hall–Kier alpha value is -1.91. The number of rotatable bonds is 8. The van der Waals surface area contributed by atoms with Gasteiger partial charge in [0.05, 0.1) is 11.8 Å². The number of nitrogens with one attached hydrogen (secondary N) is 2. The Labute approximate surface area is 136 Å². The Morgan fingerprint density at radius 3 is 2.35 bits per heavy atom. The minimum Gasteiger partial charge on any atom is -0.356 e. The van der Waals surface area contributed by atoms with Crippen LogP contribution in [0, 0.1) is 23.6 Å². The number of hydrogen-bond donors (Lipinski definition) is 2. The topological polar surface area (TPSA) is 58.2 Å². The van der Waals surface area contributed by atoms with Crippen LogP contribution in [-0.2, 0) is 16.0 Å². The van der Waals surface area contributed by atoms with Gasteiger partial charge in [-0.1, -0.05) is 32.0 Å². The number of benzene rings is 1. The largest absolute Gasteiger partial charge is 0.356 e. The predicted octanol–water partition coefficient (Wildman–Crippen LogP) is 2.28. The molecular weight excluding hydrogens is 295 g/mol. The van der Waals surface area contributed by atoms with Gasteiger partial charge in [-0.15, -0.1) is 0 Å². The van der Waals surface area contributed by atoms with E-state index >= 15 is 0 Å². The van der Waals surface area contributed by atoms with Crippen LogP contribution in [-0.4, -0.2) is 24.9 Å². The number of carbonyl (C=O) groups excluding carboxylic acids is 2. The smallest absolute Gasteiger partial charge is 0.223 e. The van der Waals surface area contributed by atoms with E-state index in [2.05, 4.69) is 24.5 Å². The molecule has 1 fully saturated rings. The molecule has 0 aromatic heterocycles. The first kappa shape index (κ1) is 17.4. The molecule has 23 heavy (non-hydrogen) atoms. The molecule has 2 atom stereocenters. The van der Waals surface area contributed by atoms with Crippen LogP contribution in [0.1, 0.15) is 32.3 Å². The maximum absolute atomic E-state index is 13.5. The van der Waals surface area contributed by atoms with Gasteiger partial charge >= 0.3 is 0 Å². The summed E-state index contributed by atoms with van der Waals surface area (Å²) in [4.78, 5) is 23.9. The van der Waals surface area contributed by atoms with Crippen molar-refractivity contribution >= 4 is 11.8 Å². The first-order valence-corrected chi connectivity index (χ1v) is 8.28. The van der Waals surface area contributed by atoms with E-state index in [4.69, 9.17) is 0 Å². The third-order valence-corrected chi connectivity index (χ3v) is 4.14. The van der Waals surface area contributed by atoms with Crippen LogP contribution in [0.15, 0.2) is 24.3 Å². The fourth-order valence-corrected chi connectivity index (χ4v) is 2.54. The minimum atomic E-state index is -0.254. The highest BCUT2D eigenvalue weighted by atomic mass is 19.1. The van der Waals surface area contributed by atoms with Crippen molar-refractivity contribution in [1.29, 1.82) is 0 Å². The Kier molecular flexibility index (Phi) is 6.13. The van der Waals surface area contributed by atoms with Crippen LogP contribution in [0.3, 0.4) is 0 Å². The SMILES string of the molecule is CC(C)CCNC(=O)C1CC1C(=O)NCCc1ccccc1F. The maximum atomic E-state index is 13.5. The first-order chi connectivity index (χ1) is 11.0. The lowest BCUT2D eigenvalue weighted by molar-refractivity contribution is -0.127. The third-order valence-electron chi connectivity index (χ3n) is 4.14. The molecular formula is C18H25FN2O2. The number of amides is 2. The van der Waals surface area contributed by atoms with Crippen LogP contribution in [0.25, 0.3) is 0 Å². The van der Waals surface area contributed by atoms with Gasteiger partial charge in [-0.05, 0) is 36.8 Å².